The maximum atomic E-state index is 12.6. The zero-order valence-electron chi connectivity index (χ0n) is 14.7. The standard InChI is InChI=1S/C18H16Br2Cl3N3OS/c1-9-5-3-4-6-12(9)15(27)25-16(18(21,22)23)26-17(28)24-14-10(2)7-11(19)8-13(14)20/h3-8,16H,1-2H3,(H,25,27)(H2,24,26,28). The van der Waals surface area contributed by atoms with Gasteiger partial charge in [0.05, 0.1) is 5.69 Å². The zero-order valence-corrected chi connectivity index (χ0v) is 21.0. The lowest BCUT2D eigenvalue weighted by Crippen LogP contribution is -2.56. The van der Waals surface area contributed by atoms with Gasteiger partial charge in [-0.05, 0) is 71.3 Å². The largest absolute Gasteiger partial charge is 0.339 e. The first kappa shape index (κ1) is 23.7. The van der Waals surface area contributed by atoms with E-state index in [0.29, 0.717) is 5.56 Å². The first-order chi connectivity index (χ1) is 13.0. The number of carbonyl (C=O) groups is 1. The summed E-state index contributed by atoms with van der Waals surface area (Å²) in [4.78, 5) is 12.6. The maximum absolute atomic E-state index is 12.6. The number of carbonyl (C=O) groups excluding carboxylic acids is 1. The molecule has 0 aliphatic carbocycles. The Kier molecular flexibility index (Phi) is 8.43. The highest BCUT2D eigenvalue weighted by Crippen LogP contribution is 2.31. The molecule has 0 saturated heterocycles. The Bertz CT molecular complexity index is 883. The second-order valence-electron chi connectivity index (χ2n) is 5.94. The summed E-state index contributed by atoms with van der Waals surface area (Å²) in [5, 5.41) is 8.78. The van der Waals surface area contributed by atoms with Crippen LogP contribution in [0.4, 0.5) is 5.69 Å². The molecule has 0 heterocycles. The van der Waals surface area contributed by atoms with Crippen molar-refractivity contribution in [2.45, 2.75) is 23.8 Å². The van der Waals surface area contributed by atoms with Crippen molar-refractivity contribution < 1.29 is 4.79 Å². The molecule has 1 atom stereocenters. The van der Waals surface area contributed by atoms with E-state index in [1.54, 1.807) is 12.1 Å². The Hall–Kier alpha value is -0.570. The number of rotatable bonds is 4. The van der Waals surface area contributed by atoms with E-state index < -0.39 is 9.96 Å². The van der Waals surface area contributed by atoms with Crippen LogP contribution in [0.3, 0.4) is 0 Å². The highest BCUT2D eigenvalue weighted by Gasteiger charge is 2.35. The van der Waals surface area contributed by atoms with Gasteiger partial charge >= 0.3 is 0 Å². The average molecular weight is 589 g/mol. The maximum Gasteiger partial charge on any atom is 0.253 e. The van der Waals surface area contributed by atoms with Gasteiger partial charge < -0.3 is 16.0 Å². The van der Waals surface area contributed by atoms with Crippen LogP contribution in [0.5, 0.6) is 0 Å². The van der Waals surface area contributed by atoms with E-state index in [1.807, 2.05) is 38.1 Å². The molecule has 0 bridgehead atoms. The molecular formula is C18H16Br2Cl3N3OS. The summed E-state index contributed by atoms with van der Waals surface area (Å²) in [6.45, 7) is 3.75. The third-order valence-electron chi connectivity index (χ3n) is 3.76. The minimum atomic E-state index is -1.84. The van der Waals surface area contributed by atoms with Crippen molar-refractivity contribution >= 4 is 95.6 Å². The number of aryl methyl sites for hydroxylation is 2. The minimum absolute atomic E-state index is 0.188. The summed E-state index contributed by atoms with van der Waals surface area (Å²) in [7, 11) is 0. The fourth-order valence-corrected chi connectivity index (χ4v) is 4.46. The fraction of sp³-hybridized carbons (Fsp3) is 0.222. The van der Waals surface area contributed by atoms with Gasteiger partial charge in [0, 0.05) is 14.5 Å². The Morgan fingerprint density at radius 3 is 2.29 bits per heavy atom. The van der Waals surface area contributed by atoms with Crippen LogP contribution in [-0.2, 0) is 0 Å². The molecule has 0 aliphatic heterocycles. The molecule has 1 unspecified atom stereocenters. The van der Waals surface area contributed by atoms with Crippen LogP contribution in [-0.4, -0.2) is 21.0 Å². The van der Waals surface area contributed by atoms with Gasteiger partial charge in [0.25, 0.3) is 5.91 Å². The summed E-state index contributed by atoms with van der Waals surface area (Å²) in [5.74, 6) is -0.384. The Balaban J connectivity index is 2.16. The van der Waals surface area contributed by atoms with Crippen molar-refractivity contribution in [3.05, 3.63) is 62.0 Å². The molecular weight excluding hydrogens is 572 g/mol. The van der Waals surface area contributed by atoms with Gasteiger partial charge in [-0.2, -0.15) is 0 Å². The molecule has 150 valence electrons. The number of benzene rings is 2. The predicted molar refractivity (Wildman–Crippen MR) is 129 cm³/mol. The van der Waals surface area contributed by atoms with Gasteiger partial charge in [-0.1, -0.05) is 68.9 Å². The number of alkyl halides is 3. The summed E-state index contributed by atoms with van der Waals surface area (Å²) in [6, 6.07) is 10.9. The smallest absolute Gasteiger partial charge is 0.253 e. The van der Waals surface area contributed by atoms with Gasteiger partial charge in [0.1, 0.15) is 6.17 Å². The van der Waals surface area contributed by atoms with Gasteiger partial charge in [-0.3, -0.25) is 4.79 Å². The van der Waals surface area contributed by atoms with E-state index in [1.165, 1.54) is 0 Å². The lowest BCUT2D eigenvalue weighted by atomic mass is 10.1. The average Bonchev–Trinajstić information content (AvgIpc) is 2.57. The van der Waals surface area contributed by atoms with Gasteiger partial charge in [-0.15, -0.1) is 0 Å². The number of anilines is 1. The van der Waals surface area contributed by atoms with Crippen molar-refractivity contribution in [1.82, 2.24) is 10.6 Å². The summed E-state index contributed by atoms with van der Waals surface area (Å²) in [6.07, 6.45) is -1.06. The predicted octanol–water partition coefficient (Wildman–Crippen LogP) is 6.24. The fourth-order valence-electron chi connectivity index (χ4n) is 2.38. The van der Waals surface area contributed by atoms with Crippen molar-refractivity contribution in [3.8, 4) is 0 Å². The number of nitrogens with one attached hydrogen (secondary N) is 3. The van der Waals surface area contributed by atoms with Crippen LogP contribution in [0.15, 0.2) is 45.3 Å². The molecule has 0 aliphatic rings. The normalized spacial score (nSPS) is 12.2. The topological polar surface area (TPSA) is 53.2 Å². The van der Waals surface area contributed by atoms with Crippen molar-refractivity contribution in [2.75, 3.05) is 5.32 Å². The summed E-state index contributed by atoms with van der Waals surface area (Å²) < 4.78 is -0.111. The lowest BCUT2D eigenvalue weighted by Gasteiger charge is -2.28. The number of hydrogen-bond acceptors (Lipinski definition) is 2. The number of halogens is 5. The van der Waals surface area contributed by atoms with E-state index in [-0.39, 0.29) is 11.0 Å². The van der Waals surface area contributed by atoms with Crippen LogP contribution in [0.1, 0.15) is 21.5 Å². The van der Waals surface area contributed by atoms with Crippen LogP contribution in [0, 0.1) is 13.8 Å². The highest BCUT2D eigenvalue weighted by atomic mass is 79.9. The molecule has 0 spiro atoms. The quantitative estimate of drug-likeness (QED) is 0.225. The molecule has 2 aromatic rings. The summed E-state index contributed by atoms with van der Waals surface area (Å²) >= 11 is 30.4. The molecule has 0 radical (unpaired) electrons. The molecule has 0 aromatic heterocycles. The van der Waals surface area contributed by atoms with E-state index in [9.17, 15) is 4.79 Å². The van der Waals surface area contributed by atoms with E-state index >= 15 is 0 Å². The minimum Gasteiger partial charge on any atom is -0.339 e. The van der Waals surface area contributed by atoms with Crippen LogP contribution < -0.4 is 16.0 Å². The first-order valence-electron chi connectivity index (χ1n) is 7.95. The molecule has 2 rings (SSSR count). The Labute approximate surface area is 200 Å². The third kappa shape index (κ3) is 6.47. The van der Waals surface area contributed by atoms with Crippen molar-refractivity contribution in [3.63, 3.8) is 0 Å². The zero-order chi connectivity index (χ0) is 21.1. The van der Waals surface area contributed by atoms with Gasteiger partial charge in [0.15, 0.2) is 5.11 Å². The van der Waals surface area contributed by atoms with Crippen molar-refractivity contribution in [2.24, 2.45) is 0 Å². The first-order valence-corrected chi connectivity index (χ1v) is 11.1. The number of amides is 1. The molecule has 0 saturated carbocycles. The molecule has 3 N–H and O–H groups in total. The molecule has 1 amide bonds. The second kappa shape index (κ2) is 9.96. The van der Waals surface area contributed by atoms with Gasteiger partial charge in [0.2, 0.25) is 3.79 Å². The van der Waals surface area contributed by atoms with E-state index in [4.69, 9.17) is 47.0 Å². The van der Waals surface area contributed by atoms with Crippen LogP contribution >= 0.6 is 78.9 Å². The van der Waals surface area contributed by atoms with Crippen molar-refractivity contribution in [1.29, 1.82) is 0 Å². The number of hydrogen-bond donors (Lipinski definition) is 3. The number of thiocarbonyl (C=S) groups is 1. The van der Waals surface area contributed by atoms with Crippen LogP contribution in [0.2, 0.25) is 0 Å². The summed E-state index contributed by atoms with van der Waals surface area (Å²) in [5.41, 5.74) is 2.99. The highest BCUT2D eigenvalue weighted by molar-refractivity contribution is 9.11. The lowest BCUT2D eigenvalue weighted by molar-refractivity contribution is 0.0934. The molecule has 0 fully saturated rings. The SMILES string of the molecule is Cc1ccccc1C(=O)NC(NC(=S)Nc1c(C)cc(Br)cc1Br)C(Cl)(Cl)Cl. The Morgan fingerprint density at radius 2 is 1.71 bits per heavy atom. The Morgan fingerprint density at radius 1 is 1.07 bits per heavy atom. The molecule has 10 heteroatoms. The third-order valence-corrected chi connectivity index (χ3v) is 5.72. The van der Waals surface area contributed by atoms with E-state index in [0.717, 1.165) is 25.8 Å². The molecule has 4 nitrogen and oxygen atoms in total. The molecule has 28 heavy (non-hydrogen) atoms. The monoisotopic (exact) mass is 585 g/mol. The van der Waals surface area contributed by atoms with Gasteiger partial charge in [-0.25, -0.2) is 0 Å². The van der Waals surface area contributed by atoms with Crippen LogP contribution in [0.25, 0.3) is 0 Å². The molecule has 2 aromatic carbocycles. The second-order valence-corrected chi connectivity index (χ2v) is 10.5. The van der Waals surface area contributed by atoms with E-state index in [2.05, 4.69) is 47.8 Å².